The predicted octanol–water partition coefficient (Wildman–Crippen LogP) is 2.20. The van der Waals surface area contributed by atoms with Crippen molar-refractivity contribution in [3.63, 3.8) is 0 Å². The largest absolute Gasteiger partial charge is 0.300 e. The Labute approximate surface area is 89.9 Å². The molecule has 0 amide bonds. The minimum Gasteiger partial charge on any atom is -0.300 e. The van der Waals surface area contributed by atoms with Gasteiger partial charge in [-0.25, -0.2) is 0 Å². The molecule has 2 nitrogen and oxygen atoms in total. The van der Waals surface area contributed by atoms with Gasteiger partial charge in [-0.15, -0.1) is 0 Å². The number of allylic oxidation sites excluding steroid dienone is 2. The normalized spacial score (nSPS) is 21.7. The fourth-order valence-electron chi connectivity index (χ4n) is 2.01. The van der Waals surface area contributed by atoms with E-state index in [2.05, 4.69) is 34.2 Å². The number of aromatic nitrogens is 1. The number of hydrogen-bond acceptors (Lipinski definition) is 2. The lowest BCUT2D eigenvalue weighted by atomic mass is 10.1. The minimum absolute atomic E-state index is 1.07. The van der Waals surface area contributed by atoms with Gasteiger partial charge in [0.2, 0.25) is 0 Å². The van der Waals surface area contributed by atoms with E-state index in [1.54, 1.807) is 0 Å². The predicted molar refractivity (Wildman–Crippen MR) is 62.3 cm³/mol. The molecule has 1 aromatic rings. The summed E-state index contributed by atoms with van der Waals surface area (Å²) in [6.07, 6.45) is 9.81. The molecule has 0 saturated carbocycles. The minimum atomic E-state index is 1.07. The summed E-state index contributed by atoms with van der Waals surface area (Å²) in [5, 5.41) is 0. The summed E-state index contributed by atoms with van der Waals surface area (Å²) in [6.45, 7) is 3.57. The number of hydrogen-bond donors (Lipinski definition) is 0. The molecule has 0 unspecified atom stereocenters. The zero-order chi connectivity index (χ0) is 10.1. The third-order valence-electron chi connectivity index (χ3n) is 3.07. The third-order valence-corrected chi connectivity index (χ3v) is 3.07. The monoisotopic (exact) mass is 198 g/mol. The second-order valence-corrected chi connectivity index (χ2v) is 4.09. The average Bonchev–Trinajstić information content (AvgIpc) is 2.60. The quantitative estimate of drug-likeness (QED) is 0.724. The van der Waals surface area contributed by atoms with Crippen molar-refractivity contribution in [3.8, 4) is 0 Å². The molecule has 1 fully saturated rings. The van der Waals surface area contributed by atoms with Crippen LogP contribution >= 0.6 is 0 Å². The lowest BCUT2D eigenvalue weighted by Crippen LogP contribution is -2.37. The van der Waals surface area contributed by atoms with Crippen LogP contribution in [0.1, 0.15) is 17.7 Å². The molecule has 1 aromatic heterocycles. The van der Waals surface area contributed by atoms with Crippen molar-refractivity contribution in [2.75, 3.05) is 19.6 Å². The van der Waals surface area contributed by atoms with Gasteiger partial charge in [0.15, 0.2) is 0 Å². The van der Waals surface area contributed by atoms with Gasteiger partial charge in [-0.2, -0.15) is 0 Å². The fraction of sp³-hybridized carbons (Fsp3) is 0.308. The maximum atomic E-state index is 4.41. The number of rotatable bonds is 2. The second-order valence-electron chi connectivity index (χ2n) is 4.09. The van der Waals surface area contributed by atoms with Crippen molar-refractivity contribution in [3.05, 3.63) is 41.7 Å². The highest BCUT2D eigenvalue weighted by Crippen LogP contribution is 2.26. The Morgan fingerprint density at radius 2 is 2.27 bits per heavy atom. The maximum absolute atomic E-state index is 4.41. The van der Waals surface area contributed by atoms with E-state index in [1.807, 2.05) is 12.3 Å². The molecular formula is C13H14N2. The van der Waals surface area contributed by atoms with Crippen LogP contribution in [0.2, 0.25) is 0 Å². The number of pyridine rings is 1. The summed E-state index contributed by atoms with van der Waals surface area (Å²) in [6, 6.07) is 4.10. The van der Waals surface area contributed by atoms with E-state index in [1.165, 1.54) is 30.6 Å². The topological polar surface area (TPSA) is 16.1 Å². The first-order valence-corrected chi connectivity index (χ1v) is 5.49. The molecule has 1 aliphatic heterocycles. The molecule has 3 rings (SSSR count). The molecule has 0 aromatic carbocycles. The lowest BCUT2D eigenvalue weighted by molar-refractivity contribution is 0.203. The van der Waals surface area contributed by atoms with Crippen LogP contribution < -0.4 is 0 Å². The summed E-state index contributed by atoms with van der Waals surface area (Å²) in [4.78, 5) is 6.86. The Hall–Kier alpha value is -1.41. The number of nitrogens with zero attached hydrogens (tertiary/aromatic N) is 2. The average molecular weight is 198 g/mol. The van der Waals surface area contributed by atoms with E-state index in [-0.39, 0.29) is 0 Å². The van der Waals surface area contributed by atoms with E-state index in [0.29, 0.717) is 0 Å². The van der Waals surface area contributed by atoms with Crippen molar-refractivity contribution in [2.24, 2.45) is 0 Å². The fourth-order valence-corrected chi connectivity index (χ4v) is 2.01. The highest BCUT2D eigenvalue weighted by molar-refractivity contribution is 5.87. The zero-order valence-corrected chi connectivity index (χ0v) is 8.69. The zero-order valence-electron chi connectivity index (χ0n) is 8.69. The van der Waals surface area contributed by atoms with Gasteiger partial charge < -0.3 is 0 Å². The smallest absolute Gasteiger partial charge is 0.0771 e. The van der Waals surface area contributed by atoms with Gasteiger partial charge >= 0.3 is 0 Å². The summed E-state index contributed by atoms with van der Waals surface area (Å²) < 4.78 is 0. The molecule has 0 radical (unpaired) electrons. The molecule has 2 aliphatic rings. The van der Waals surface area contributed by atoms with E-state index in [0.717, 1.165) is 12.2 Å². The molecule has 2 heterocycles. The Morgan fingerprint density at radius 1 is 1.33 bits per heavy atom. The molecule has 15 heavy (non-hydrogen) atoms. The highest BCUT2D eigenvalue weighted by atomic mass is 15.2. The van der Waals surface area contributed by atoms with Gasteiger partial charge in [0.25, 0.3) is 0 Å². The van der Waals surface area contributed by atoms with Crippen LogP contribution in [-0.4, -0.2) is 29.5 Å². The molecule has 1 aliphatic carbocycles. The van der Waals surface area contributed by atoms with Gasteiger partial charge in [0.1, 0.15) is 0 Å². The summed E-state index contributed by atoms with van der Waals surface area (Å²) in [5.74, 6) is 0. The van der Waals surface area contributed by atoms with E-state index in [4.69, 9.17) is 0 Å². The van der Waals surface area contributed by atoms with Crippen LogP contribution in [0.25, 0.3) is 11.6 Å². The first kappa shape index (κ1) is 8.86. The Morgan fingerprint density at radius 3 is 3.07 bits per heavy atom. The van der Waals surface area contributed by atoms with E-state index in [9.17, 15) is 0 Å². The SMILES string of the molecule is C1=Cc2cccnc2/C1=C/CN1CCC1. The summed E-state index contributed by atoms with van der Waals surface area (Å²) >= 11 is 0. The van der Waals surface area contributed by atoms with Gasteiger partial charge in [-0.1, -0.05) is 24.3 Å². The van der Waals surface area contributed by atoms with Gasteiger partial charge in [0.05, 0.1) is 5.69 Å². The van der Waals surface area contributed by atoms with Gasteiger partial charge in [0, 0.05) is 18.3 Å². The van der Waals surface area contributed by atoms with Crippen molar-refractivity contribution >= 4 is 11.6 Å². The molecule has 1 saturated heterocycles. The van der Waals surface area contributed by atoms with Crippen LogP contribution in [0.5, 0.6) is 0 Å². The number of fused-ring (bicyclic) bond motifs is 1. The van der Waals surface area contributed by atoms with Crippen LogP contribution in [0, 0.1) is 0 Å². The van der Waals surface area contributed by atoms with Crippen molar-refractivity contribution < 1.29 is 0 Å². The molecule has 2 heteroatoms. The van der Waals surface area contributed by atoms with Gasteiger partial charge in [-0.05, 0) is 31.1 Å². The highest BCUT2D eigenvalue weighted by Gasteiger charge is 2.14. The van der Waals surface area contributed by atoms with Gasteiger partial charge in [-0.3, -0.25) is 9.88 Å². The molecule has 76 valence electrons. The van der Waals surface area contributed by atoms with E-state index >= 15 is 0 Å². The van der Waals surface area contributed by atoms with Crippen molar-refractivity contribution in [1.82, 2.24) is 9.88 Å². The summed E-state index contributed by atoms with van der Waals surface area (Å²) in [5.41, 5.74) is 3.66. The Kier molecular flexibility index (Phi) is 2.14. The first-order chi connectivity index (χ1) is 7.43. The third kappa shape index (κ3) is 1.61. The van der Waals surface area contributed by atoms with Crippen LogP contribution in [-0.2, 0) is 0 Å². The van der Waals surface area contributed by atoms with Crippen LogP contribution in [0.3, 0.4) is 0 Å². The molecule has 0 spiro atoms. The standard InChI is InChI=1S/C13H14N2/c1-3-11-4-5-12(13(11)14-7-1)6-10-15-8-2-9-15/h1,3-7H,2,8-10H2/b12-6+. The van der Waals surface area contributed by atoms with E-state index < -0.39 is 0 Å². The number of likely N-dealkylation sites (tertiary alicyclic amines) is 1. The molecule has 0 atom stereocenters. The van der Waals surface area contributed by atoms with Crippen LogP contribution in [0.15, 0.2) is 30.5 Å². The Balaban J connectivity index is 1.80. The molecular weight excluding hydrogens is 184 g/mol. The molecule has 0 bridgehead atoms. The Bertz CT molecular complexity index is 428. The maximum Gasteiger partial charge on any atom is 0.0771 e. The molecule has 0 N–H and O–H groups in total. The first-order valence-electron chi connectivity index (χ1n) is 5.49. The van der Waals surface area contributed by atoms with Crippen LogP contribution in [0.4, 0.5) is 0 Å². The summed E-state index contributed by atoms with van der Waals surface area (Å²) in [7, 11) is 0. The van der Waals surface area contributed by atoms with Crippen molar-refractivity contribution in [1.29, 1.82) is 0 Å². The lowest BCUT2D eigenvalue weighted by Gasteiger charge is -2.29. The van der Waals surface area contributed by atoms with Crippen molar-refractivity contribution in [2.45, 2.75) is 6.42 Å². The second kappa shape index (κ2) is 3.63.